The molecule has 1 aromatic carbocycles. The molecule has 3 N–H and O–H groups in total. The van der Waals surface area contributed by atoms with Crippen LogP contribution in [0, 0.1) is 13.8 Å². The number of hydrogen-bond donors (Lipinski definition) is 2. The average molecular weight is 243 g/mol. The third-order valence-corrected chi connectivity index (χ3v) is 2.45. The second kappa shape index (κ2) is 5.18. The second-order valence-corrected chi connectivity index (χ2v) is 4.07. The van der Waals surface area contributed by atoms with Crippen molar-refractivity contribution in [3.63, 3.8) is 0 Å². The molecule has 5 heteroatoms. The molecule has 4 nitrogen and oxygen atoms in total. The molecule has 1 rings (SSSR count). The Bertz CT molecular complexity index is 384. The number of rotatable bonds is 3. The van der Waals surface area contributed by atoms with Crippen LogP contribution >= 0.6 is 11.6 Å². The molecular weight excluding hydrogens is 228 g/mol. The fourth-order valence-electron chi connectivity index (χ4n) is 1.43. The lowest BCUT2D eigenvalue weighted by atomic mass is 10.1. The molecular formula is C11H15ClN2O2. The van der Waals surface area contributed by atoms with Crippen LogP contribution in [-0.2, 0) is 4.79 Å². The number of carbonyl (C=O) groups excluding carboxylic acids is 1. The minimum absolute atomic E-state index is 0.367. The Hall–Kier alpha value is -1.26. The molecule has 0 aromatic heterocycles. The molecule has 0 spiro atoms. The highest BCUT2D eigenvalue weighted by Gasteiger charge is 2.15. The van der Waals surface area contributed by atoms with Crippen LogP contribution in [0.1, 0.15) is 18.1 Å². The van der Waals surface area contributed by atoms with Crippen molar-refractivity contribution in [3.05, 3.63) is 28.3 Å². The Morgan fingerprint density at radius 2 is 1.94 bits per heavy atom. The van der Waals surface area contributed by atoms with Gasteiger partial charge in [-0.3, -0.25) is 10.2 Å². The monoisotopic (exact) mass is 242 g/mol. The lowest BCUT2D eigenvalue weighted by Crippen LogP contribution is -2.40. The van der Waals surface area contributed by atoms with Crippen LogP contribution in [0.5, 0.6) is 5.75 Å². The summed E-state index contributed by atoms with van der Waals surface area (Å²) in [6.07, 6.45) is -0.636. The first-order valence-corrected chi connectivity index (χ1v) is 5.27. The quantitative estimate of drug-likeness (QED) is 0.482. The van der Waals surface area contributed by atoms with Crippen LogP contribution in [0.2, 0.25) is 5.02 Å². The van der Waals surface area contributed by atoms with E-state index >= 15 is 0 Å². The van der Waals surface area contributed by atoms with E-state index in [1.54, 1.807) is 19.1 Å². The summed E-state index contributed by atoms with van der Waals surface area (Å²) in [6.45, 7) is 5.39. The number of benzene rings is 1. The van der Waals surface area contributed by atoms with Crippen LogP contribution in [0.25, 0.3) is 0 Å². The molecule has 0 radical (unpaired) electrons. The van der Waals surface area contributed by atoms with Crippen LogP contribution < -0.4 is 16.0 Å². The number of ether oxygens (including phenoxy) is 1. The predicted octanol–water partition coefficient (Wildman–Crippen LogP) is 1.71. The van der Waals surface area contributed by atoms with Gasteiger partial charge in [0.1, 0.15) is 5.75 Å². The topological polar surface area (TPSA) is 64.3 Å². The molecule has 0 bridgehead atoms. The molecule has 0 aliphatic heterocycles. The first kappa shape index (κ1) is 12.8. The third kappa shape index (κ3) is 2.87. The lowest BCUT2D eigenvalue weighted by Gasteiger charge is -2.17. The zero-order valence-electron chi connectivity index (χ0n) is 9.50. The van der Waals surface area contributed by atoms with E-state index in [0.29, 0.717) is 10.8 Å². The van der Waals surface area contributed by atoms with Crippen molar-refractivity contribution in [3.8, 4) is 5.75 Å². The Morgan fingerprint density at radius 3 is 2.38 bits per heavy atom. The number of aryl methyl sites for hydroxylation is 2. The van der Waals surface area contributed by atoms with Crippen molar-refractivity contribution < 1.29 is 9.53 Å². The minimum atomic E-state index is -0.636. The highest BCUT2D eigenvalue weighted by molar-refractivity contribution is 6.30. The summed E-state index contributed by atoms with van der Waals surface area (Å²) in [4.78, 5) is 11.2. The number of nitrogens with two attached hydrogens (primary N) is 1. The second-order valence-electron chi connectivity index (χ2n) is 3.64. The van der Waals surface area contributed by atoms with Crippen LogP contribution in [0.15, 0.2) is 12.1 Å². The summed E-state index contributed by atoms with van der Waals surface area (Å²) < 4.78 is 5.53. The van der Waals surface area contributed by atoms with Gasteiger partial charge < -0.3 is 4.74 Å². The largest absolute Gasteiger partial charge is 0.480 e. The summed E-state index contributed by atoms with van der Waals surface area (Å²) in [5.74, 6) is 5.33. The Morgan fingerprint density at radius 1 is 1.44 bits per heavy atom. The van der Waals surface area contributed by atoms with E-state index in [0.717, 1.165) is 11.1 Å². The Balaban J connectivity index is 2.93. The van der Waals surface area contributed by atoms with Crippen LogP contribution in [0.4, 0.5) is 0 Å². The summed E-state index contributed by atoms with van der Waals surface area (Å²) >= 11 is 5.89. The number of nitrogens with one attached hydrogen (secondary N) is 1. The molecule has 0 fully saturated rings. The zero-order chi connectivity index (χ0) is 12.3. The summed E-state index contributed by atoms with van der Waals surface area (Å²) in [5.41, 5.74) is 3.83. The predicted molar refractivity (Wildman–Crippen MR) is 63.3 cm³/mol. The van der Waals surface area contributed by atoms with Gasteiger partial charge in [0.25, 0.3) is 5.91 Å². The van der Waals surface area contributed by atoms with Gasteiger partial charge in [-0.2, -0.15) is 0 Å². The Kier molecular flexibility index (Phi) is 4.15. The Labute approximate surface area is 99.7 Å². The first-order valence-electron chi connectivity index (χ1n) is 4.89. The average Bonchev–Trinajstić information content (AvgIpc) is 2.21. The van der Waals surface area contributed by atoms with E-state index in [4.69, 9.17) is 22.2 Å². The van der Waals surface area contributed by atoms with Gasteiger partial charge >= 0.3 is 0 Å². The van der Waals surface area contributed by atoms with Gasteiger partial charge in [0, 0.05) is 5.02 Å². The van der Waals surface area contributed by atoms with Gasteiger partial charge in [0.2, 0.25) is 0 Å². The van der Waals surface area contributed by atoms with E-state index < -0.39 is 6.10 Å². The normalized spacial score (nSPS) is 12.1. The van der Waals surface area contributed by atoms with Crippen molar-refractivity contribution in [2.24, 2.45) is 5.84 Å². The fraction of sp³-hybridized carbons (Fsp3) is 0.364. The van der Waals surface area contributed by atoms with Crippen LogP contribution in [-0.4, -0.2) is 12.0 Å². The van der Waals surface area contributed by atoms with Crippen molar-refractivity contribution >= 4 is 17.5 Å². The maximum absolute atomic E-state index is 11.2. The molecule has 1 atom stereocenters. The molecule has 16 heavy (non-hydrogen) atoms. The third-order valence-electron chi connectivity index (χ3n) is 2.23. The molecule has 0 aliphatic rings. The molecule has 0 aliphatic carbocycles. The number of halogens is 1. The fourth-order valence-corrected chi connectivity index (χ4v) is 1.76. The molecule has 1 aromatic rings. The first-order chi connectivity index (χ1) is 7.45. The number of carbonyl (C=O) groups is 1. The van der Waals surface area contributed by atoms with Crippen molar-refractivity contribution in [1.82, 2.24) is 5.43 Å². The summed E-state index contributed by atoms with van der Waals surface area (Å²) in [5, 5.41) is 0.651. The van der Waals surface area contributed by atoms with Gasteiger partial charge in [-0.1, -0.05) is 11.6 Å². The van der Waals surface area contributed by atoms with Gasteiger partial charge in [0.05, 0.1) is 0 Å². The molecule has 0 unspecified atom stereocenters. The molecule has 1 amide bonds. The smallest absolute Gasteiger partial charge is 0.274 e. The van der Waals surface area contributed by atoms with Crippen molar-refractivity contribution in [2.75, 3.05) is 0 Å². The molecule has 0 saturated heterocycles. The van der Waals surface area contributed by atoms with E-state index in [1.807, 2.05) is 19.3 Å². The van der Waals surface area contributed by atoms with E-state index in [-0.39, 0.29) is 5.91 Å². The maximum atomic E-state index is 11.2. The molecule has 0 saturated carbocycles. The number of hydrogen-bond acceptors (Lipinski definition) is 3. The molecule has 0 heterocycles. The van der Waals surface area contributed by atoms with E-state index in [2.05, 4.69) is 0 Å². The highest BCUT2D eigenvalue weighted by atomic mass is 35.5. The lowest BCUT2D eigenvalue weighted by molar-refractivity contribution is -0.127. The summed E-state index contributed by atoms with van der Waals surface area (Å²) in [7, 11) is 0. The number of amides is 1. The standard InChI is InChI=1S/C11H15ClN2O2/c1-6-4-9(12)5-7(2)10(6)16-8(3)11(15)14-13/h4-5,8H,13H2,1-3H3,(H,14,15)/t8-/m0/s1. The van der Waals surface area contributed by atoms with E-state index in [9.17, 15) is 4.79 Å². The van der Waals surface area contributed by atoms with Crippen molar-refractivity contribution in [2.45, 2.75) is 26.9 Å². The number of hydrazine groups is 1. The van der Waals surface area contributed by atoms with Crippen molar-refractivity contribution in [1.29, 1.82) is 0 Å². The van der Waals surface area contributed by atoms with Gasteiger partial charge in [-0.25, -0.2) is 5.84 Å². The highest BCUT2D eigenvalue weighted by Crippen LogP contribution is 2.27. The van der Waals surface area contributed by atoms with Gasteiger partial charge in [-0.15, -0.1) is 0 Å². The SMILES string of the molecule is Cc1cc(Cl)cc(C)c1O[C@@H](C)C(=O)NN. The summed E-state index contributed by atoms with van der Waals surface area (Å²) in [6, 6.07) is 3.58. The zero-order valence-corrected chi connectivity index (χ0v) is 10.3. The van der Waals surface area contributed by atoms with Gasteiger partial charge in [-0.05, 0) is 44.0 Å². The van der Waals surface area contributed by atoms with Crippen LogP contribution in [0.3, 0.4) is 0 Å². The minimum Gasteiger partial charge on any atom is -0.480 e. The van der Waals surface area contributed by atoms with Gasteiger partial charge in [0.15, 0.2) is 6.10 Å². The van der Waals surface area contributed by atoms with E-state index in [1.165, 1.54) is 0 Å². The maximum Gasteiger partial charge on any atom is 0.274 e. The molecule has 88 valence electrons.